The summed E-state index contributed by atoms with van der Waals surface area (Å²) in [6.45, 7) is 2.44. The summed E-state index contributed by atoms with van der Waals surface area (Å²) in [5, 5.41) is 9.05. The van der Waals surface area contributed by atoms with Gasteiger partial charge in [0.05, 0.1) is 18.1 Å². The first-order valence-corrected chi connectivity index (χ1v) is 7.91. The maximum Gasteiger partial charge on any atom is 0.315 e. The monoisotopic (exact) mass is 287 g/mol. The molecule has 8 heteroatoms. The Kier molecular flexibility index (Phi) is 4.08. The van der Waals surface area contributed by atoms with Crippen LogP contribution in [0.3, 0.4) is 0 Å². The van der Waals surface area contributed by atoms with Gasteiger partial charge in [0.15, 0.2) is 9.84 Å². The van der Waals surface area contributed by atoms with E-state index < -0.39 is 9.84 Å². The number of hydrogen-bond acceptors (Lipinski definition) is 5. The fourth-order valence-electron chi connectivity index (χ4n) is 2.00. The highest BCUT2D eigenvalue weighted by molar-refractivity contribution is 7.91. The minimum absolute atomic E-state index is 0.0186. The number of aryl methyl sites for hydroxylation is 1. The average molecular weight is 287 g/mol. The number of urea groups is 1. The van der Waals surface area contributed by atoms with Crippen molar-refractivity contribution in [2.24, 2.45) is 5.92 Å². The molecule has 1 saturated heterocycles. The summed E-state index contributed by atoms with van der Waals surface area (Å²) in [4.78, 5) is 11.5. The van der Waals surface area contributed by atoms with E-state index in [0.29, 0.717) is 24.4 Å². The van der Waals surface area contributed by atoms with Gasteiger partial charge in [-0.1, -0.05) is 5.16 Å². The molecule has 2 amide bonds. The molecule has 2 N–H and O–H groups in total. The number of amides is 2. The molecule has 0 unspecified atom stereocenters. The third kappa shape index (κ3) is 4.23. The number of sulfone groups is 1. The Hall–Kier alpha value is -1.57. The van der Waals surface area contributed by atoms with Crippen molar-refractivity contribution in [1.82, 2.24) is 15.8 Å². The number of nitrogens with zero attached hydrogens (tertiary/aromatic N) is 1. The van der Waals surface area contributed by atoms with Crippen molar-refractivity contribution in [3.63, 3.8) is 0 Å². The Morgan fingerprint density at radius 2 is 2.32 bits per heavy atom. The van der Waals surface area contributed by atoms with E-state index in [2.05, 4.69) is 15.8 Å². The number of carbonyl (C=O) groups is 1. The summed E-state index contributed by atoms with van der Waals surface area (Å²) in [7, 11) is -2.89. The van der Waals surface area contributed by atoms with Gasteiger partial charge in [-0.05, 0) is 19.3 Å². The van der Waals surface area contributed by atoms with E-state index >= 15 is 0 Å². The lowest BCUT2D eigenvalue weighted by molar-refractivity contribution is 0.238. The Morgan fingerprint density at radius 1 is 1.53 bits per heavy atom. The summed E-state index contributed by atoms with van der Waals surface area (Å²) in [6.07, 6.45) is 0.616. The molecule has 1 atom stereocenters. The lowest BCUT2D eigenvalue weighted by Gasteiger charge is -2.10. The van der Waals surface area contributed by atoms with Gasteiger partial charge in [-0.15, -0.1) is 0 Å². The van der Waals surface area contributed by atoms with E-state index in [9.17, 15) is 13.2 Å². The maximum atomic E-state index is 11.5. The molecule has 2 heterocycles. The van der Waals surface area contributed by atoms with Crippen molar-refractivity contribution in [3.05, 3.63) is 17.5 Å². The van der Waals surface area contributed by atoms with Crippen LogP contribution in [-0.2, 0) is 16.4 Å². The molecule has 1 aliphatic heterocycles. The number of aromatic nitrogens is 1. The molecule has 1 aromatic rings. The molecule has 0 saturated carbocycles. The molecule has 19 heavy (non-hydrogen) atoms. The molecule has 7 nitrogen and oxygen atoms in total. The lowest BCUT2D eigenvalue weighted by atomic mass is 10.1. The highest BCUT2D eigenvalue weighted by Gasteiger charge is 2.27. The van der Waals surface area contributed by atoms with Crippen LogP contribution >= 0.6 is 0 Å². The molecule has 0 bridgehead atoms. The van der Waals surface area contributed by atoms with Crippen LogP contribution in [0.25, 0.3) is 0 Å². The zero-order chi connectivity index (χ0) is 13.9. The van der Waals surface area contributed by atoms with Gasteiger partial charge >= 0.3 is 6.03 Å². The van der Waals surface area contributed by atoms with Crippen molar-refractivity contribution in [2.45, 2.75) is 19.9 Å². The van der Waals surface area contributed by atoms with Crippen molar-refractivity contribution in [2.75, 3.05) is 18.1 Å². The minimum Gasteiger partial charge on any atom is -0.361 e. The van der Waals surface area contributed by atoms with Crippen LogP contribution in [0.1, 0.15) is 17.9 Å². The molecular formula is C11H17N3O4S. The van der Waals surface area contributed by atoms with Gasteiger partial charge in [0, 0.05) is 12.6 Å². The van der Waals surface area contributed by atoms with Crippen LogP contribution in [0, 0.1) is 12.8 Å². The zero-order valence-electron chi connectivity index (χ0n) is 10.7. The highest BCUT2D eigenvalue weighted by Crippen LogP contribution is 2.17. The quantitative estimate of drug-likeness (QED) is 0.824. The topological polar surface area (TPSA) is 101 Å². The van der Waals surface area contributed by atoms with Crippen molar-refractivity contribution < 1.29 is 17.7 Å². The Bertz CT molecular complexity index is 552. The largest absolute Gasteiger partial charge is 0.361 e. The molecule has 1 aromatic heterocycles. The van der Waals surface area contributed by atoms with Gasteiger partial charge in [-0.2, -0.15) is 0 Å². The molecule has 0 radical (unpaired) electrons. The van der Waals surface area contributed by atoms with Crippen LogP contribution in [0.2, 0.25) is 0 Å². The molecule has 1 fully saturated rings. The van der Waals surface area contributed by atoms with Gasteiger partial charge < -0.3 is 15.2 Å². The second kappa shape index (κ2) is 5.60. The molecule has 0 aromatic carbocycles. The van der Waals surface area contributed by atoms with E-state index in [4.69, 9.17) is 4.52 Å². The standard InChI is InChI=1S/C11H17N3O4S/c1-8-4-10(14-18-8)6-13-11(15)12-5-9-2-3-19(16,17)7-9/h4,9H,2-3,5-7H2,1H3,(H2,12,13,15)/t9-/m0/s1. The van der Waals surface area contributed by atoms with Crippen LogP contribution in [0.5, 0.6) is 0 Å². The first kappa shape index (κ1) is 13.9. The molecular weight excluding hydrogens is 270 g/mol. The van der Waals surface area contributed by atoms with Gasteiger partial charge in [-0.25, -0.2) is 13.2 Å². The summed E-state index contributed by atoms with van der Waals surface area (Å²) >= 11 is 0. The summed E-state index contributed by atoms with van der Waals surface area (Å²) in [5.41, 5.74) is 0.649. The second-order valence-electron chi connectivity index (χ2n) is 4.76. The van der Waals surface area contributed by atoms with E-state index in [1.807, 2.05) is 0 Å². The van der Waals surface area contributed by atoms with Gasteiger partial charge in [-0.3, -0.25) is 0 Å². The van der Waals surface area contributed by atoms with Crippen molar-refractivity contribution in [1.29, 1.82) is 0 Å². The summed E-state index contributed by atoms with van der Waals surface area (Å²) < 4.78 is 27.4. The molecule has 0 aliphatic carbocycles. The fraction of sp³-hybridized carbons (Fsp3) is 0.636. The predicted molar refractivity (Wildman–Crippen MR) is 68.2 cm³/mol. The fourth-order valence-corrected chi connectivity index (χ4v) is 3.87. The van der Waals surface area contributed by atoms with Crippen molar-refractivity contribution in [3.8, 4) is 0 Å². The van der Waals surface area contributed by atoms with E-state index in [1.54, 1.807) is 13.0 Å². The Labute approximate surface area is 111 Å². The first-order chi connectivity index (χ1) is 8.94. The van der Waals surface area contributed by atoms with Gasteiger partial charge in [0.25, 0.3) is 0 Å². The Balaban J connectivity index is 1.68. The van der Waals surface area contributed by atoms with E-state index in [-0.39, 0.29) is 30.0 Å². The number of rotatable bonds is 4. The molecule has 2 rings (SSSR count). The first-order valence-electron chi connectivity index (χ1n) is 6.09. The van der Waals surface area contributed by atoms with E-state index in [0.717, 1.165) is 0 Å². The molecule has 0 spiro atoms. The maximum absolute atomic E-state index is 11.5. The van der Waals surface area contributed by atoms with Crippen LogP contribution < -0.4 is 10.6 Å². The number of carbonyl (C=O) groups excluding carboxylic acids is 1. The van der Waals surface area contributed by atoms with Crippen LogP contribution in [0.15, 0.2) is 10.6 Å². The van der Waals surface area contributed by atoms with Gasteiger partial charge in [0.1, 0.15) is 11.5 Å². The minimum atomic E-state index is -2.89. The smallest absolute Gasteiger partial charge is 0.315 e. The third-order valence-corrected chi connectivity index (χ3v) is 4.82. The predicted octanol–water partition coefficient (Wildman–Crippen LogP) is 0.217. The summed E-state index contributed by atoms with van der Waals surface area (Å²) in [5.74, 6) is 1.09. The average Bonchev–Trinajstić information content (AvgIpc) is 2.90. The lowest BCUT2D eigenvalue weighted by Crippen LogP contribution is -2.38. The second-order valence-corrected chi connectivity index (χ2v) is 6.99. The number of hydrogen-bond donors (Lipinski definition) is 2. The number of nitrogens with one attached hydrogen (secondary N) is 2. The van der Waals surface area contributed by atoms with Crippen molar-refractivity contribution >= 4 is 15.9 Å². The molecule has 1 aliphatic rings. The SMILES string of the molecule is Cc1cc(CNC(=O)NC[C@@H]2CCS(=O)(=O)C2)no1. The van der Waals surface area contributed by atoms with E-state index in [1.165, 1.54) is 0 Å². The van der Waals surface area contributed by atoms with Crippen LogP contribution in [0.4, 0.5) is 4.79 Å². The highest BCUT2D eigenvalue weighted by atomic mass is 32.2. The van der Waals surface area contributed by atoms with Gasteiger partial charge in [0.2, 0.25) is 0 Å². The van der Waals surface area contributed by atoms with Crippen LogP contribution in [-0.4, -0.2) is 37.7 Å². The zero-order valence-corrected chi connectivity index (χ0v) is 11.5. The molecule has 106 valence electrons. The summed E-state index contributed by atoms with van der Waals surface area (Å²) in [6, 6.07) is 1.41. The Morgan fingerprint density at radius 3 is 2.89 bits per heavy atom. The normalized spacial score (nSPS) is 21.2. The third-order valence-electron chi connectivity index (χ3n) is 2.98.